The highest BCUT2D eigenvalue weighted by molar-refractivity contribution is 5.97. The molecule has 1 aliphatic rings. The normalized spacial score (nSPS) is 14.9. The summed E-state index contributed by atoms with van der Waals surface area (Å²) in [6.07, 6.45) is 3.48. The van der Waals surface area contributed by atoms with Gasteiger partial charge in [0, 0.05) is 18.7 Å². The lowest BCUT2D eigenvalue weighted by Gasteiger charge is -2.27. The molecule has 0 spiro atoms. The molecular weight excluding hydrogens is 622 g/mol. The largest absolute Gasteiger partial charge is 0.444 e. The number of aromatic nitrogens is 4. The summed E-state index contributed by atoms with van der Waals surface area (Å²) in [6, 6.07) is 15.7. The lowest BCUT2D eigenvalue weighted by atomic mass is 10.0. The Bertz CT molecular complexity index is 1780. The topological polar surface area (TPSA) is 160 Å². The van der Waals surface area contributed by atoms with Crippen molar-refractivity contribution < 1.29 is 23.9 Å². The number of imidazole rings is 2. The summed E-state index contributed by atoms with van der Waals surface area (Å²) in [5, 5.41) is 0. The van der Waals surface area contributed by atoms with E-state index >= 15 is 0 Å². The third kappa shape index (κ3) is 8.67. The van der Waals surface area contributed by atoms with Crippen molar-refractivity contribution in [3.63, 3.8) is 0 Å². The Hall–Kier alpha value is -5.13. The molecule has 260 valence electrons. The molecule has 12 heteroatoms. The number of primary amides is 1. The van der Waals surface area contributed by atoms with E-state index in [9.17, 15) is 14.4 Å². The SMILES string of the molecule is CCCN(Cc1nc(C(N)=O)c(-c2ccc(-c3ccc(-c4cnc([C@@H]5CCCN5C(=O)OC(C)(C)C)[nH]4)cc3)cc2)[nH]1)C(=O)OC(C)(C)C. The van der Waals surface area contributed by atoms with E-state index < -0.39 is 23.2 Å². The summed E-state index contributed by atoms with van der Waals surface area (Å²) in [5.74, 6) is 0.525. The first-order valence-electron chi connectivity index (χ1n) is 16.7. The van der Waals surface area contributed by atoms with Gasteiger partial charge < -0.3 is 30.1 Å². The second-order valence-electron chi connectivity index (χ2n) is 14.3. The first-order valence-corrected chi connectivity index (χ1v) is 16.7. The van der Waals surface area contributed by atoms with Crippen LogP contribution in [0.1, 0.15) is 95.9 Å². The maximum Gasteiger partial charge on any atom is 0.410 e. The van der Waals surface area contributed by atoms with E-state index in [0.29, 0.717) is 24.6 Å². The van der Waals surface area contributed by atoms with Crippen LogP contribution in [-0.2, 0) is 16.0 Å². The van der Waals surface area contributed by atoms with Crippen molar-refractivity contribution >= 4 is 18.1 Å². The monoisotopic (exact) mass is 669 g/mol. The second-order valence-corrected chi connectivity index (χ2v) is 14.3. The van der Waals surface area contributed by atoms with Gasteiger partial charge in [0.15, 0.2) is 5.69 Å². The molecule has 5 rings (SSSR count). The van der Waals surface area contributed by atoms with E-state index in [4.69, 9.17) is 15.2 Å². The van der Waals surface area contributed by atoms with Crippen LogP contribution in [-0.4, -0.2) is 72.1 Å². The molecule has 4 aromatic rings. The lowest BCUT2D eigenvalue weighted by Crippen LogP contribution is -2.37. The number of hydrogen-bond acceptors (Lipinski definition) is 7. The van der Waals surface area contributed by atoms with E-state index in [-0.39, 0.29) is 24.4 Å². The van der Waals surface area contributed by atoms with Crippen LogP contribution in [0.4, 0.5) is 9.59 Å². The van der Waals surface area contributed by atoms with Crippen molar-refractivity contribution in [1.29, 1.82) is 0 Å². The van der Waals surface area contributed by atoms with Gasteiger partial charge in [-0.25, -0.2) is 19.6 Å². The Balaban J connectivity index is 1.29. The minimum absolute atomic E-state index is 0.110. The number of hydrogen-bond donors (Lipinski definition) is 3. The number of amides is 3. The van der Waals surface area contributed by atoms with Crippen molar-refractivity contribution in [3.05, 3.63) is 72.1 Å². The summed E-state index contributed by atoms with van der Waals surface area (Å²) in [4.78, 5) is 56.9. The predicted molar refractivity (Wildman–Crippen MR) is 187 cm³/mol. The van der Waals surface area contributed by atoms with Crippen molar-refractivity contribution in [2.45, 2.75) is 91.5 Å². The predicted octanol–water partition coefficient (Wildman–Crippen LogP) is 7.45. The van der Waals surface area contributed by atoms with Crippen LogP contribution in [0.25, 0.3) is 33.6 Å². The highest BCUT2D eigenvalue weighted by Crippen LogP contribution is 2.33. The molecule has 0 aliphatic carbocycles. The van der Waals surface area contributed by atoms with Crippen molar-refractivity contribution in [1.82, 2.24) is 29.7 Å². The van der Waals surface area contributed by atoms with E-state index in [1.807, 2.05) is 97.0 Å². The molecule has 3 amide bonds. The summed E-state index contributed by atoms with van der Waals surface area (Å²) in [7, 11) is 0. The molecule has 1 saturated heterocycles. The Morgan fingerprint density at radius 2 is 1.49 bits per heavy atom. The van der Waals surface area contributed by atoms with Gasteiger partial charge in [0.1, 0.15) is 22.9 Å². The summed E-state index contributed by atoms with van der Waals surface area (Å²) in [5.41, 5.74) is 9.68. The van der Waals surface area contributed by atoms with Gasteiger partial charge in [-0.2, -0.15) is 0 Å². The third-order valence-electron chi connectivity index (χ3n) is 7.97. The number of nitrogens with one attached hydrogen (secondary N) is 2. The number of aromatic amines is 2. The Morgan fingerprint density at radius 1 is 0.898 bits per heavy atom. The molecule has 1 fully saturated rings. The number of nitrogens with zero attached hydrogens (tertiary/aromatic N) is 4. The maximum atomic E-state index is 12.8. The lowest BCUT2D eigenvalue weighted by molar-refractivity contribution is 0.0212. The summed E-state index contributed by atoms with van der Waals surface area (Å²) in [6.45, 7) is 14.3. The minimum Gasteiger partial charge on any atom is -0.444 e. The van der Waals surface area contributed by atoms with Crippen LogP contribution >= 0.6 is 0 Å². The molecular formula is C37H47N7O5. The molecule has 4 N–H and O–H groups in total. The fraction of sp³-hybridized carbons (Fsp3) is 0.432. The zero-order chi connectivity index (χ0) is 35.5. The average Bonchev–Trinajstić information content (AvgIpc) is 3.79. The average molecular weight is 670 g/mol. The van der Waals surface area contributed by atoms with Gasteiger partial charge in [0.2, 0.25) is 0 Å². The molecule has 12 nitrogen and oxygen atoms in total. The van der Waals surface area contributed by atoms with E-state index in [2.05, 4.69) is 19.9 Å². The molecule has 0 saturated carbocycles. The van der Waals surface area contributed by atoms with E-state index in [0.717, 1.165) is 53.0 Å². The van der Waals surface area contributed by atoms with Crippen LogP contribution in [0.3, 0.4) is 0 Å². The number of carbonyl (C=O) groups is 3. The van der Waals surface area contributed by atoms with Gasteiger partial charge in [-0.1, -0.05) is 55.5 Å². The van der Waals surface area contributed by atoms with Crippen molar-refractivity contribution in [3.8, 4) is 33.6 Å². The molecule has 2 aromatic carbocycles. The van der Waals surface area contributed by atoms with E-state index in [1.54, 1.807) is 16.0 Å². The Kier molecular flexibility index (Phi) is 10.2. The van der Waals surface area contributed by atoms with E-state index in [1.165, 1.54) is 0 Å². The summed E-state index contributed by atoms with van der Waals surface area (Å²) >= 11 is 0. The van der Waals surface area contributed by atoms with Gasteiger partial charge in [0.05, 0.1) is 30.2 Å². The van der Waals surface area contributed by atoms with Crippen molar-refractivity contribution in [2.24, 2.45) is 5.73 Å². The minimum atomic E-state index is -0.663. The summed E-state index contributed by atoms with van der Waals surface area (Å²) < 4.78 is 11.2. The van der Waals surface area contributed by atoms with Crippen LogP contribution in [0.2, 0.25) is 0 Å². The highest BCUT2D eigenvalue weighted by atomic mass is 16.6. The molecule has 1 aliphatic heterocycles. The van der Waals surface area contributed by atoms with Crippen molar-refractivity contribution in [2.75, 3.05) is 13.1 Å². The first kappa shape index (κ1) is 35.2. The van der Waals surface area contributed by atoms with Gasteiger partial charge in [0.25, 0.3) is 5.91 Å². The smallest absolute Gasteiger partial charge is 0.410 e. The maximum absolute atomic E-state index is 12.8. The number of H-pyrrole nitrogens is 2. The van der Waals surface area contributed by atoms with Gasteiger partial charge >= 0.3 is 12.2 Å². The molecule has 49 heavy (non-hydrogen) atoms. The fourth-order valence-electron chi connectivity index (χ4n) is 5.81. The van der Waals surface area contributed by atoms with Crippen LogP contribution in [0.15, 0.2) is 54.7 Å². The third-order valence-corrected chi connectivity index (χ3v) is 7.97. The number of ether oxygens (including phenoxy) is 2. The van der Waals surface area contributed by atoms with Gasteiger partial charge in [-0.3, -0.25) is 9.69 Å². The molecule has 3 heterocycles. The molecule has 0 radical (unpaired) electrons. The Labute approximate surface area is 287 Å². The molecule has 0 unspecified atom stereocenters. The highest BCUT2D eigenvalue weighted by Gasteiger charge is 2.35. The number of carbonyl (C=O) groups excluding carboxylic acids is 3. The number of rotatable bonds is 9. The number of likely N-dealkylation sites (tertiary alicyclic amines) is 1. The molecule has 1 atom stereocenters. The zero-order valence-electron chi connectivity index (χ0n) is 29.4. The first-order chi connectivity index (χ1) is 23.1. The standard InChI is InChI=1S/C37H47N7O5/c1-8-19-43(34(46)48-36(2,3)4)22-29-41-30(31(42-29)32(38)45)26-17-13-24(14-18-26)23-11-15-25(16-12-23)27-21-39-33(40-27)28-10-9-20-44(28)35(47)49-37(5,6)7/h11-18,21,28H,8-10,19-20,22H2,1-7H3,(H2,38,45)(H,39,40)(H,41,42)/t28-/m0/s1. The van der Waals surface area contributed by atoms with Gasteiger partial charge in [-0.15, -0.1) is 0 Å². The number of benzene rings is 2. The Morgan fingerprint density at radius 3 is 2.06 bits per heavy atom. The fourth-order valence-corrected chi connectivity index (χ4v) is 5.81. The number of nitrogens with two attached hydrogens (primary N) is 1. The zero-order valence-corrected chi connectivity index (χ0v) is 29.4. The van der Waals surface area contributed by atoms with Gasteiger partial charge in [-0.05, 0) is 77.5 Å². The molecule has 0 bridgehead atoms. The van der Waals surface area contributed by atoms with Crippen LogP contribution in [0.5, 0.6) is 0 Å². The van der Waals surface area contributed by atoms with Crippen LogP contribution in [0, 0.1) is 0 Å². The van der Waals surface area contributed by atoms with Crippen LogP contribution < -0.4 is 5.73 Å². The quantitative estimate of drug-likeness (QED) is 0.167. The molecule has 2 aromatic heterocycles. The second kappa shape index (κ2) is 14.2.